The summed E-state index contributed by atoms with van der Waals surface area (Å²) in [5.74, 6) is -1.19. The first-order valence-corrected chi connectivity index (χ1v) is 8.05. The minimum Gasteiger partial charge on any atom is -0.480 e. The monoisotopic (exact) mass is 298 g/mol. The maximum Gasteiger partial charge on any atom is 0.325 e. The molecule has 0 aromatic heterocycles. The predicted molar refractivity (Wildman–Crippen MR) is 83.1 cm³/mol. The number of carbonyl (C=O) groups is 2. The van der Waals surface area contributed by atoms with E-state index in [2.05, 4.69) is 17.1 Å². The SMILES string of the molecule is CCN(CC(C)(C)C(=O)NC(C)C(=O)O)C1CCCCC1. The molecule has 0 bridgehead atoms. The second-order valence-corrected chi connectivity index (χ2v) is 6.77. The van der Waals surface area contributed by atoms with Crippen LogP contribution in [0.25, 0.3) is 0 Å². The van der Waals surface area contributed by atoms with Gasteiger partial charge in [-0.1, -0.05) is 26.2 Å². The van der Waals surface area contributed by atoms with Crippen molar-refractivity contribution in [2.45, 2.75) is 71.9 Å². The molecule has 2 N–H and O–H groups in total. The van der Waals surface area contributed by atoms with Gasteiger partial charge in [-0.05, 0) is 40.2 Å². The van der Waals surface area contributed by atoms with Crippen LogP contribution in [-0.2, 0) is 9.59 Å². The molecule has 0 heterocycles. The van der Waals surface area contributed by atoms with Gasteiger partial charge >= 0.3 is 5.97 Å². The number of amides is 1. The Bertz CT molecular complexity index is 363. The molecule has 1 unspecified atom stereocenters. The van der Waals surface area contributed by atoms with Crippen LogP contribution in [0, 0.1) is 5.41 Å². The number of carbonyl (C=O) groups excluding carboxylic acids is 1. The highest BCUT2D eigenvalue weighted by molar-refractivity contribution is 5.86. The van der Waals surface area contributed by atoms with Gasteiger partial charge in [0.15, 0.2) is 0 Å². The van der Waals surface area contributed by atoms with Gasteiger partial charge in [-0.15, -0.1) is 0 Å². The van der Waals surface area contributed by atoms with Crippen molar-refractivity contribution in [1.29, 1.82) is 0 Å². The Morgan fingerprint density at radius 3 is 2.33 bits per heavy atom. The molecule has 0 saturated heterocycles. The molecule has 1 fully saturated rings. The highest BCUT2D eigenvalue weighted by Gasteiger charge is 2.33. The maximum absolute atomic E-state index is 12.3. The molecule has 1 aliphatic rings. The molecule has 0 aromatic carbocycles. The van der Waals surface area contributed by atoms with E-state index in [9.17, 15) is 9.59 Å². The van der Waals surface area contributed by atoms with Crippen LogP contribution in [0.5, 0.6) is 0 Å². The van der Waals surface area contributed by atoms with Crippen LogP contribution in [-0.4, -0.2) is 47.1 Å². The number of aliphatic carboxylic acids is 1. The van der Waals surface area contributed by atoms with Crippen molar-refractivity contribution in [3.8, 4) is 0 Å². The number of carboxylic acids is 1. The van der Waals surface area contributed by atoms with Gasteiger partial charge in [-0.25, -0.2) is 0 Å². The molecule has 21 heavy (non-hydrogen) atoms. The third kappa shape index (κ3) is 5.30. The first kappa shape index (κ1) is 18.0. The number of rotatable bonds is 7. The molecule has 5 nitrogen and oxygen atoms in total. The average Bonchev–Trinajstić information content (AvgIpc) is 2.45. The minimum absolute atomic E-state index is 0.188. The molecule has 0 aromatic rings. The predicted octanol–water partition coefficient (Wildman–Crippen LogP) is 2.26. The lowest BCUT2D eigenvalue weighted by molar-refractivity contribution is -0.143. The third-order valence-corrected chi connectivity index (χ3v) is 4.43. The molecule has 122 valence electrons. The lowest BCUT2D eigenvalue weighted by Crippen LogP contribution is -2.51. The van der Waals surface area contributed by atoms with E-state index < -0.39 is 17.4 Å². The summed E-state index contributed by atoms with van der Waals surface area (Å²) in [6, 6.07) is -0.283. The maximum atomic E-state index is 12.3. The van der Waals surface area contributed by atoms with Crippen LogP contribution in [0.15, 0.2) is 0 Å². The molecule has 1 saturated carbocycles. The quantitative estimate of drug-likeness (QED) is 0.756. The van der Waals surface area contributed by atoms with Gasteiger partial charge in [0.05, 0.1) is 5.41 Å². The Morgan fingerprint density at radius 2 is 1.86 bits per heavy atom. The van der Waals surface area contributed by atoms with Crippen molar-refractivity contribution in [2.75, 3.05) is 13.1 Å². The lowest BCUT2D eigenvalue weighted by atomic mass is 9.88. The summed E-state index contributed by atoms with van der Waals surface area (Å²) < 4.78 is 0. The van der Waals surface area contributed by atoms with Gasteiger partial charge in [0.2, 0.25) is 5.91 Å². The fourth-order valence-corrected chi connectivity index (χ4v) is 2.98. The van der Waals surface area contributed by atoms with Crippen molar-refractivity contribution in [2.24, 2.45) is 5.41 Å². The fourth-order valence-electron chi connectivity index (χ4n) is 2.98. The van der Waals surface area contributed by atoms with Gasteiger partial charge in [-0.2, -0.15) is 0 Å². The third-order valence-electron chi connectivity index (χ3n) is 4.43. The molecule has 1 amide bonds. The highest BCUT2D eigenvalue weighted by atomic mass is 16.4. The van der Waals surface area contributed by atoms with Gasteiger partial charge in [0.1, 0.15) is 6.04 Å². The number of nitrogens with zero attached hydrogens (tertiary/aromatic N) is 1. The zero-order chi connectivity index (χ0) is 16.0. The standard InChI is InChI=1S/C16H30N2O3/c1-5-18(13-9-7-6-8-10-13)11-16(3,4)15(21)17-12(2)14(19)20/h12-13H,5-11H2,1-4H3,(H,17,21)(H,19,20). The molecule has 5 heteroatoms. The summed E-state index contributed by atoms with van der Waals surface area (Å²) in [6.07, 6.45) is 6.26. The molecule has 0 spiro atoms. The Balaban J connectivity index is 2.62. The minimum atomic E-state index is -1.00. The zero-order valence-corrected chi connectivity index (χ0v) is 13.8. The van der Waals surface area contributed by atoms with Crippen LogP contribution in [0.2, 0.25) is 0 Å². The summed E-state index contributed by atoms with van der Waals surface area (Å²) >= 11 is 0. The molecular weight excluding hydrogens is 268 g/mol. The van der Waals surface area contributed by atoms with Gasteiger partial charge in [0, 0.05) is 12.6 Å². The van der Waals surface area contributed by atoms with E-state index in [-0.39, 0.29) is 5.91 Å². The number of hydrogen-bond acceptors (Lipinski definition) is 3. The van der Waals surface area contributed by atoms with E-state index in [0.29, 0.717) is 12.6 Å². The Kier molecular flexibility index (Phi) is 6.65. The van der Waals surface area contributed by atoms with E-state index in [1.165, 1.54) is 39.0 Å². The largest absolute Gasteiger partial charge is 0.480 e. The van der Waals surface area contributed by atoms with Crippen molar-refractivity contribution in [3.05, 3.63) is 0 Å². The van der Waals surface area contributed by atoms with E-state index in [0.717, 1.165) is 6.54 Å². The molecular formula is C16H30N2O3. The molecule has 0 radical (unpaired) electrons. The van der Waals surface area contributed by atoms with Crippen LogP contribution in [0.1, 0.15) is 59.8 Å². The normalized spacial score (nSPS) is 18.5. The summed E-state index contributed by atoms with van der Waals surface area (Å²) in [5.41, 5.74) is -0.586. The topological polar surface area (TPSA) is 69.6 Å². The summed E-state index contributed by atoms with van der Waals surface area (Å²) in [7, 11) is 0. The number of hydrogen-bond donors (Lipinski definition) is 2. The van der Waals surface area contributed by atoms with Gasteiger partial charge < -0.3 is 10.4 Å². The smallest absolute Gasteiger partial charge is 0.325 e. The van der Waals surface area contributed by atoms with Crippen molar-refractivity contribution in [1.82, 2.24) is 10.2 Å². The molecule has 1 aliphatic carbocycles. The van der Waals surface area contributed by atoms with Crippen molar-refractivity contribution in [3.63, 3.8) is 0 Å². The van der Waals surface area contributed by atoms with Crippen LogP contribution >= 0.6 is 0 Å². The van der Waals surface area contributed by atoms with E-state index >= 15 is 0 Å². The average molecular weight is 298 g/mol. The zero-order valence-electron chi connectivity index (χ0n) is 13.8. The Hall–Kier alpha value is -1.10. The summed E-state index contributed by atoms with van der Waals surface area (Å²) in [5, 5.41) is 11.5. The van der Waals surface area contributed by atoms with E-state index in [1.54, 1.807) is 0 Å². The van der Waals surface area contributed by atoms with Crippen molar-refractivity contribution < 1.29 is 14.7 Å². The molecule has 1 atom stereocenters. The molecule has 0 aliphatic heterocycles. The number of carboxylic acid groups (broad SMARTS) is 1. The Labute approximate surface area is 128 Å². The summed E-state index contributed by atoms with van der Waals surface area (Å²) in [6.45, 7) is 9.00. The van der Waals surface area contributed by atoms with Crippen LogP contribution in [0.3, 0.4) is 0 Å². The first-order chi connectivity index (χ1) is 9.77. The van der Waals surface area contributed by atoms with Crippen LogP contribution in [0.4, 0.5) is 0 Å². The first-order valence-electron chi connectivity index (χ1n) is 8.05. The number of nitrogens with one attached hydrogen (secondary N) is 1. The van der Waals surface area contributed by atoms with Gasteiger partial charge in [0.25, 0.3) is 0 Å². The van der Waals surface area contributed by atoms with Crippen molar-refractivity contribution >= 4 is 11.9 Å². The van der Waals surface area contributed by atoms with Gasteiger partial charge in [-0.3, -0.25) is 14.5 Å². The second kappa shape index (κ2) is 7.78. The lowest BCUT2D eigenvalue weighted by Gasteiger charge is -2.38. The second-order valence-electron chi connectivity index (χ2n) is 6.77. The molecule has 1 rings (SSSR count). The van der Waals surface area contributed by atoms with Crippen LogP contribution < -0.4 is 5.32 Å². The fraction of sp³-hybridized carbons (Fsp3) is 0.875. The highest BCUT2D eigenvalue weighted by Crippen LogP contribution is 2.26. The van der Waals surface area contributed by atoms with E-state index in [1.807, 2.05) is 13.8 Å². The van der Waals surface area contributed by atoms with E-state index in [4.69, 9.17) is 5.11 Å². The summed E-state index contributed by atoms with van der Waals surface area (Å²) in [4.78, 5) is 25.6. The Morgan fingerprint density at radius 1 is 1.29 bits per heavy atom.